The summed E-state index contributed by atoms with van der Waals surface area (Å²) in [7, 11) is 0. The number of rotatable bonds is 7. The topological polar surface area (TPSA) is 59.3 Å². The number of carbonyl (C=O) groups excluding carboxylic acids is 1. The van der Waals surface area contributed by atoms with Crippen LogP contribution in [0.4, 0.5) is 0 Å². The summed E-state index contributed by atoms with van der Waals surface area (Å²) in [5.74, 6) is 0.488. The van der Waals surface area contributed by atoms with E-state index in [-0.39, 0.29) is 18.0 Å². The summed E-state index contributed by atoms with van der Waals surface area (Å²) in [5, 5.41) is 8.75. The summed E-state index contributed by atoms with van der Waals surface area (Å²) in [6, 6.07) is 12.1. The average Bonchev–Trinajstić information content (AvgIpc) is 2.43. The fourth-order valence-corrected chi connectivity index (χ4v) is 2.72. The maximum absolute atomic E-state index is 11.7. The van der Waals surface area contributed by atoms with E-state index in [0.29, 0.717) is 31.8 Å². The van der Waals surface area contributed by atoms with Crippen LogP contribution in [0, 0.1) is 16.7 Å². The molecule has 0 amide bonds. The number of nitriles is 1. The minimum absolute atomic E-state index is 0.211. The van der Waals surface area contributed by atoms with Crippen molar-refractivity contribution in [3.63, 3.8) is 0 Å². The average molecular weight is 291 g/mol. The van der Waals surface area contributed by atoms with Gasteiger partial charge in [-0.3, -0.25) is 4.79 Å². The number of thioether (sulfide) groups is 1. The molecule has 1 fully saturated rings. The molecule has 0 radical (unpaired) electrons. The zero-order chi connectivity index (χ0) is 14.3. The van der Waals surface area contributed by atoms with E-state index in [9.17, 15) is 4.79 Å². The van der Waals surface area contributed by atoms with Crippen molar-refractivity contribution in [2.24, 2.45) is 5.41 Å². The molecule has 0 N–H and O–H groups in total. The Hall–Kier alpha value is -1.51. The Morgan fingerprint density at radius 2 is 2.15 bits per heavy atom. The van der Waals surface area contributed by atoms with E-state index in [1.165, 1.54) is 0 Å². The summed E-state index contributed by atoms with van der Waals surface area (Å²) >= 11 is 1.63. The third kappa shape index (κ3) is 4.26. The molecule has 2 rings (SSSR count). The molecule has 5 heteroatoms. The quantitative estimate of drug-likeness (QED) is 0.571. The smallest absolute Gasteiger partial charge is 0.306 e. The molecule has 0 atom stereocenters. The fraction of sp³-hybridized carbons (Fsp3) is 0.467. The van der Waals surface area contributed by atoms with Gasteiger partial charge in [-0.15, -0.1) is 11.8 Å². The second-order valence-corrected chi connectivity index (χ2v) is 6.07. The second-order valence-electron chi connectivity index (χ2n) is 4.90. The minimum Gasteiger partial charge on any atom is -0.465 e. The van der Waals surface area contributed by atoms with Crippen LogP contribution in [0.25, 0.3) is 0 Å². The highest BCUT2D eigenvalue weighted by molar-refractivity contribution is 7.99. The molecule has 0 aliphatic carbocycles. The monoisotopic (exact) mass is 291 g/mol. The van der Waals surface area contributed by atoms with Crippen LogP contribution >= 0.6 is 11.8 Å². The van der Waals surface area contributed by atoms with Gasteiger partial charge in [0.05, 0.1) is 31.1 Å². The van der Waals surface area contributed by atoms with Gasteiger partial charge in [0.2, 0.25) is 0 Å². The molecule has 0 unspecified atom stereocenters. The van der Waals surface area contributed by atoms with Crippen LogP contribution in [0.2, 0.25) is 0 Å². The lowest BCUT2D eigenvalue weighted by molar-refractivity contribution is -0.168. The molecule has 20 heavy (non-hydrogen) atoms. The van der Waals surface area contributed by atoms with Crippen LogP contribution in [0.5, 0.6) is 0 Å². The summed E-state index contributed by atoms with van der Waals surface area (Å²) in [6.45, 7) is 1.30. The van der Waals surface area contributed by atoms with Crippen molar-refractivity contribution in [2.45, 2.75) is 17.7 Å². The lowest BCUT2D eigenvalue weighted by Gasteiger charge is -2.38. The number of hydrogen-bond donors (Lipinski definition) is 0. The van der Waals surface area contributed by atoms with Crippen molar-refractivity contribution in [1.82, 2.24) is 0 Å². The molecular weight excluding hydrogens is 274 g/mol. The minimum atomic E-state index is -0.267. The van der Waals surface area contributed by atoms with Gasteiger partial charge in [0.1, 0.15) is 6.61 Å². The Morgan fingerprint density at radius 1 is 1.40 bits per heavy atom. The summed E-state index contributed by atoms with van der Waals surface area (Å²) in [6.07, 6.45) is 0.752. The molecule has 1 aliphatic rings. The predicted octanol–water partition coefficient (Wildman–Crippen LogP) is 2.64. The van der Waals surface area contributed by atoms with Crippen LogP contribution in [0.15, 0.2) is 35.2 Å². The lowest BCUT2D eigenvalue weighted by Crippen LogP contribution is -2.46. The van der Waals surface area contributed by atoms with Crippen LogP contribution in [-0.2, 0) is 14.3 Å². The van der Waals surface area contributed by atoms with Gasteiger partial charge in [0.25, 0.3) is 0 Å². The molecule has 1 heterocycles. The van der Waals surface area contributed by atoms with Crippen LogP contribution in [0.3, 0.4) is 0 Å². The molecule has 4 nitrogen and oxygen atoms in total. The van der Waals surface area contributed by atoms with Crippen LogP contribution < -0.4 is 0 Å². The van der Waals surface area contributed by atoms with E-state index < -0.39 is 0 Å². The number of benzene rings is 1. The van der Waals surface area contributed by atoms with Crippen molar-refractivity contribution in [2.75, 3.05) is 25.6 Å². The number of ether oxygens (including phenoxy) is 2. The van der Waals surface area contributed by atoms with Crippen molar-refractivity contribution in [3.8, 4) is 6.07 Å². The highest BCUT2D eigenvalue weighted by atomic mass is 32.2. The number of nitrogens with zero attached hydrogens (tertiary/aromatic N) is 1. The molecule has 1 aliphatic heterocycles. The molecule has 1 aromatic carbocycles. The maximum atomic E-state index is 11.7. The van der Waals surface area contributed by atoms with Crippen LogP contribution in [-0.4, -0.2) is 31.5 Å². The first kappa shape index (κ1) is 14.9. The Bertz CT molecular complexity index is 480. The van der Waals surface area contributed by atoms with Gasteiger partial charge in [-0.2, -0.15) is 5.26 Å². The first-order valence-corrected chi connectivity index (χ1v) is 7.51. The number of carbonyl (C=O) groups is 1. The van der Waals surface area contributed by atoms with Gasteiger partial charge < -0.3 is 9.47 Å². The SMILES string of the molecule is N#CCC1(COC(=O)CCSc2ccccc2)COC1. The van der Waals surface area contributed by atoms with Gasteiger partial charge in [-0.1, -0.05) is 18.2 Å². The van der Waals surface area contributed by atoms with E-state index in [1.807, 2.05) is 30.3 Å². The zero-order valence-electron chi connectivity index (χ0n) is 11.2. The van der Waals surface area contributed by atoms with Gasteiger partial charge in [-0.25, -0.2) is 0 Å². The van der Waals surface area contributed by atoms with E-state index >= 15 is 0 Å². The van der Waals surface area contributed by atoms with Crippen molar-refractivity contribution in [1.29, 1.82) is 5.26 Å². The standard InChI is InChI=1S/C15H17NO3S/c16-8-7-15(10-18-11-15)12-19-14(17)6-9-20-13-4-2-1-3-5-13/h1-5H,6-7,9-12H2. The third-order valence-corrected chi connectivity index (χ3v) is 4.14. The van der Waals surface area contributed by atoms with Gasteiger partial charge in [0.15, 0.2) is 0 Å². The number of esters is 1. The second kappa shape index (κ2) is 7.32. The maximum Gasteiger partial charge on any atom is 0.306 e. The first-order chi connectivity index (χ1) is 9.74. The molecule has 0 bridgehead atoms. The molecule has 0 aromatic heterocycles. The summed E-state index contributed by atoms with van der Waals surface area (Å²) in [5.41, 5.74) is -0.267. The van der Waals surface area contributed by atoms with E-state index in [1.54, 1.807) is 11.8 Å². The largest absolute Gasteiger partial charge is 0.465 e. The Kier molecular flexibility index (Phi) is 5.45. The lowest BCUT2D eigenvalue weighted by atomic mass is 9.84. The normalized spacial score (nSPS) is 15.9. The third-order valence-electron chi connectivity index (χ3n) is 3.13. The molecule has 0 spiro atoms. The number of hydrogen-bond acceptors (Lipinski definition) is 5. The van der Waals surface area contributed by atoms with E-state index in [0.717, 1.165) is 4.90 Å². The van der Waals surface area contributed by atoms with E-state index in [4.69, 9.17) is 14.7 Å². The first-order valence-electron chi connectivity index (χ1n) is 6.52. The van der Waals surface area contributed by atoms with Crippen LogP contribution in [0.1, 0.15) is 12.8 Å². The Balaban J connectivity index is 1.64. The van der Waals surface area contributed by atoms with Gasteiger partial charge >= 0.3 is 5.97 Å². The molecular formula is C15H17NO3S. The molecule has 1 saturated heterocycles. The molecule has 1 aromatic rings. The van der Waals surface area contributed by atoms with Gasteiger partial charge in [0, 0.05) is 17.1 Å². The summed E-state index contributed by atoms with van der Waals surface area (Å²) in [4.78, 5) is 12.8. The molecule has 106 valence electrons. The predicted molar refractivity (Wildman–Crippen MR) is 76.2 cm³/mol. The molecule has 0 saturated carbocycles. The Labute approximate surface area is 123 Å². The highest BCUT2D eigenvalue weighted by Crippen LogP contribution is 2.31. The van der Waals surface area contributed by atoms with Crippen molar-refractivity contribution in [3.05, 3.63) is 30.3 Å². The van der Waals surface area contributed by atoms with Crippen molar-refractivity contribution < 1.29 is 14.3 Å². The van der Waals surface area contributed by atoms with Gasteiger partial charge in [-0.05, 0) is 12.1 Å². The van der Waals surface area contributed by atoms with Crippen molar-refractivity contribution >= 4 is 17.7 Å². The highest BCUT2D eigenvalue weighted by Gasteiger charge is 2.39. The fourth-order valence-electron chi connectivity index (χ4n) is 1.87. The zero-order valence-corrected chi connectivity index (χ0v) is 12.0. The van der Waals surface area contributed by atoms with E-state index in [2.05, 4.69) is 6.07 Å². The summed E-state index contributed by atoms with van der Waals surface area (Å²) < 4.78 is 10.4. The Morgan fingerprint density at radius 3 is 2.75 bits per heavy atom.